The minimum absolute atomic E-state index is 0. The minimum atomic E-state index is -1.70. The molecular formula is C41H44F2KN13O12. The number of esters is 2. The maximum Gasteiger partial charge on any atom is 1.00 e. The second-order valence-electron chi connectivity index (χ2n) is 13.7. The Bertz CT molecular complexity index is 2860. The van der Waals surface area contributed by atoms with Crippen molar-refractivity contribution in [3.05, 3.63) is 115 Å². The van der Waals surface area contributed by atoms with E-state index in [4.69, 9.17) is 42.8 Å². The van der Waals surface area contributed by atoms with Crippen molar-refractivity contribution in [1.29, 1.82) is 5.26 Å². The van der Waals surface area contributed by atoms with Crippen LogP contribution in [0.15, 0.2) is 58.1 Å². The van der Waals surface area contributed by atoms with Crippen LogP contribution in [-0.2, 0) is 56.8 Å². The fourth-order valence-corrected chi connectivity index (χ4v) is 5.72. The van der Waals surface area contributed by atoms with Crippen LogP contribution in [0.2, 0.25) is 0 Å². The standard InChI is InChI=1S/C19H18FN7O4.C10H9FN4O2.C10H12N2O3.CH2O3.CH4.K/c1-3-31-17(29)19(2)11-12(21)22-14(23-13(11)24-16(19)28)15-25-18(30)27(26-15)8-9-6-4-5-7-10(9)20;11-7-4-2-1-3-6(7)5-15-10(17)13-9(14-15)8(12)16;1-5-15-9(14)10(3,7(2)13)8(6-11)12-4;2-1-4-3;;/h4-7H,3,8H2,1-2H3,(H,25,26,30)(H3,21,22,23,24,28);1-4H,5H2,(H2,12,16)(H,13,14,17);8H,5H2,1-3H3;1,3H;1H4;/q;;;;;+1/p-1. The molecule has 7 N–H and O–H groups in total. The first-order chi connectivity index (χ1) is 31.7. The van der Waals surface area contributed by atoms with Crippen molar-refractivity contribution in [1.82, 2.24) is 39.5 Å². The monoisotopic (exact) mass is 987 g/mol. The Morgan fingerprint density at radius 3 is 1.91 bits per heavy atom. The zero-order chi connectivity index (χ0) is 50.2. The van der Waals surface area contributed by atoms with Gasteiger partial charge in [0.2, 0.25) is 23.0 Å². The molecule has 3 unspecified atom stereocenters. The Morgan fingerprint density at radius 1 is 0.971 bits per heavy atom. The van der Waals surface area contributed by atoms with Crippen LogP contribution in [-0.4, -0.2) is 94.8 Å². The molecule has 0 aliphatic carbocycles. The van der Waals surface area contributed by atoms with Gasteiger partial charge in [-0.15, -0.1) is 10.2 Å². The molecule has 6 rings (SSSR count). The van der Waals surface area contributed by atoms with Crippen LogP contribution in [0.4, 0.5) is 20.4 Å². The number of nitrogens with zero attached hydrogens (tertiary/aromatic N) is 8. The number of carbonyl (C=O) groups is 6. The molecule has 3 atom stereocenters. The number of nitriles is 1. The molecule has 1 aliphatic rings. The molecule has 0 radical (unpaired) electrons. The summed E-state index contributed by atoms with van der Waals surface area (Å²) >= 11 is 0. The number of halogens is 2. The van der Waals surface area contributed by atoms with Gasteiger partial charge in [-0.05, 0) is 46.8 Å². The average Bonchev–Trinajstić information content (AvgIpc) is 3.94. The van der Waals surface area contributed by atoms with Crippen molar-refractivity contribution in [3.63, 3.8) is 0 Å². The van der Waals surface area contributed by atoms with Crippen molar-refractivity contribution < 1.29 is 109 Å². The van der Waals surface area contributed by atoms with Crippen molar-refractivity contribution >= 4 is 47.6 Å². The molecule has 28 heteroatoms. The number of nitrogens with one attached hydrogen (secondary N) is 3. The number of ether oxygens (including phenoxy) is 2. The first-order valence-corrected chi connectivity index (χ1v) is 19.1. The summed E-state index contributed by atoms with van der Waals surface area (Å²) in [4.78, 5) is 109. The molecule has 2 amide bonds. The number of amides is 2. The molecule has 360 valence electrons. The van der Waals surface area contributed by atoms with Crippen LogP contribution in [0.1, 0.15) is 69.4 Å². The number of fused-ring (bicyclic) bond motifs is 1. The molecule has 69 heavy (non-hydrogen) atoms. The molecule has 25 nitrogen and oxygen atoms in total. The fourth-order valence-electron chi connectivity index (χ4n) is 5.72. The van der Waals surface area contributed by atoms with Crippen molar-refractivity contribution in [2.75, 3.05) is 24.3 Å². The second kappa shape index (κ2) is 26.9. The third kappa shape index (κ3) is 14.1. The van der Waals surface area contributed by atoms with E-state index in [1.165, 1.54) is 51.1 Å². The quantitative estimate of drug-likeness (QED) is 0.0154. The fraction of sp³-hybridized carbons (Fsp3) is 0.317. The van der Waals surface area contributed by atoms with Gasteiger partial charge in [0.25, 0.3) is 12.4 Å². The van der Waals surface area contributed by atoms with E-state index in [1.54, 1.807) is 38.1 Å². The van der Waals surface area contributed by atoms with Gasteiger partial charge in [-0.1, -0.05) is 43.8 Å². The van der Waals surface area contributed by atoms with Crippen LogP contribution in [0, 0.1) is 35.0 Å². The van der Waals surface area contributed by atoms with E-state index in [2.05, 4.69) is 45.2 Å². The van der Waals surface area contributed by atoms with E-state index in [-0.39, 0.29) is 132 Å². The third-order valence-corrected chi connectivity index (χ3v) is 9.44. The molecule has 4 heterocycles. The Kier molecular flexibility index (Phi) is 23.2. The molecule has 2 aromatic carbocycles. The number of hydrogen-bond acceptors (Lipinski definition) is 18. The number of nitrogen functional groups attached to an aromatic ring is 1. The number of aromatic nitrogens is 8. The van der Waals surface area contributed by atoms with Crippen LogP contribution >= 0.6 is 0 Å². The van der Waals surface area contributed by atoms with Gasteiger partial charge in [-0.25, -0.2) is 44.3 Å². The summed E-state index contributed by atoms with van der Waals surface area (Å²) in [7, 11) is 0. The van der Waals surface area contributed by atoms with E-state index in [9.17, 15) is 42.3 Å². The molecule has 3 aromatic heterocycles. The van der Waals surface area contributed by atoms with Crippen molar-refractivity contribution in [2.45, 2.75) is 66.6 Å². The molecule has 0 saturated carbocycles. The smallest absolute Gasteiger partial charge is 0.662 e. The maximum atomic E-state index is 13.9. The summed E-state index contributed by atoms with van der Waals surface area (Å²) in [6.45, 7) is 13.6. The van der Waals surface area contributed by atoms with Gasteiger partial charge in [0, 0.05) is 11.1 Å². The van der Waals surface area contributed by atoms with E-state index >= 15 is 0 Å². The Morgan fingerprint density at radius 2 is 1.48 bits per heavy atom. The van der Waals surface area contributed by atoms with E-state index in [0.29, 0.717) is 5.56 Å². The SMILES string of the molecule is C.CCOC(=O)C1(C)C(=O)Nc2nc(-c3nn(Cc4ccccc4F)c(=O)[nH]3)nc(N)c21.NC(=O)c1nn(Cc2ccccc2F)c(=O)[nH]1.O=CO[O-].[C-]#[N+]C(C#N)C(C)(C(C)=O)C(=O)OCC.[K+]. The Labute approximate surface area is 432 Å². The summed E-state index contributed by atoms with van der Waals surface area (Å²) in [5.41, 5.74) is 7.06. The van der Waals surface area contributed by atoms with Gasteiger partial charge < -0.3 is 36.4 Å². The molecule has 0 fully saturated rings. The predicted octanol–water partition coefficient (Wildman–Crippen LogP) is -2.54. The van der Waals surface area contributed by atoms with E-state index in [0.717, 1.165) is 9.36 Å². The molecule has 0 spiro atoms. The number of carbonyl (C=O) groups excluding carboxylic acids is 6. The number of nitrogens with two attached hydrogens (primary N) is 2. The normalized spacial score (nSPS) is 14.0. The number of Topliss-reactive ketones (excluding diaryl/α,β-unsaturated/α-hetero) is 1. The molecule has 0 bridgehead atoms. The van der Waals surface area contributed by atoms with Crippen molar-refractivity contribution in [3.8, 4) is 17.7 Å². The number of H-pyrrole nitrogens is 2. The topological polar surface area (TPSA) is 373 Å². The zero-order valence-electron chi connectivity index (χ0n) is 37.0. The van der Waals surface area contributed by atoms with Gasteiger partial charge in [0.15, 0.2) is 23.1 Å². The molecule has 5 aromatic rings. The number of ketones is 1. The Hall–Kier alpha value is -7.34. The summed E-state index contributed by atoms with van der Waals surface area (Å²) in [6.07, 6.45) is 0. The second-order valence-corrected chi connectivity index (χ2v) is 13.7. The molecule has 0 saturated heterocycles. The predicted molar refractivity (Wildman–Crippen MR) is 229 cm³/mol. The average molecular weight is 988 g/mol. The Balaban J connectivity index is 0.000000533. The van der Waals surface area contributed by atoms with Crippen LogP contribution in [0.25, 0.3) is 16.5 Å². The summed E-state index contributed by atoms with van der Waals surface area (Å²) in [5.74, 6) is -5.02. The van der Waals surface area contributed by atoms with Crippen LogP contribution < -0.4 is 84.8 Å². The number of hydrogen-bond donors (Lipinski definition) is 5. The minimum Gasteiger partial charge on any atom is -0.662 e. The van der Waals surface area contributed by atoms with E-state index < -0.39 is 69.4 Å². The maximum absolute atomic E-state index is 13.9. The van der Waals surface area contributed by atoms with E-state index in [1.807, 2.05) is 0 Å². The summed E-state index contributed by atoms with van der Waals surface area (Å²) in [5, 5.41) is 27.4. The van der Waals surface area contributed by atoms with Gasteiger partial charge >= 0.3 is 80.7 Å². The van der Waals surface area contributed by atoms with Gasteiger partial charge in [-0.3, -0.25) is 43.6 Å². The third-order valence-electron chi connectivity index (χ3n) is 9.44. The summed E-state index contributed by atoms with van der Waals surface area (Å²) < 4.78 is 38.9. The summed E-state index contributed by atoms with van der Waals surface area (Å²) in [6, 6.07) is 12.3. The van der Waals surface area contributed by atoms with Gasteiger partial charge in [0.05, 0.1) is 31.9 Å². The van der Waals surface area contributed by atoms with Gasteiger partial charge in [0.1, 0.15) is 23.3 Å². The first kappa shape index (κ1) is 59.7. The number of primary amides is 1. The number of anilines is 2. The largest absolute Gasteiger partial charge is 1.00 e. The first-order valence-electron chi connectivity index (χ1n) is 19.1. The van der Waals surface area contributed by atoms with Crippen molar-refractivity contribution in [2.24, 2.45) is 11.1 Å². The number of benzene rings is 2. The molecular weight excluding hydrogens is 944 g/mol. The number of rotatable bonds is 13. The zero-order valence-corrected chi connectivity index (χ0v) is 40.1. The van der Waals surface area contributed by atoms with Crippen LogP contribution in [0.3, 0.4) is 0 Å². The number of aromatic amines is 2. The van der Waals surface area contributed by atoms with Gasteiger partial charge in [-0.2, -0.15) is 5.26 Å². The van der Waals surface area contributed by atoms with Crippen LogP contribution in [0.5, 0.6) is 0 Å². The molecule has 1 aliphatic heterocycles.